The van der Waals surface area contributed by atoms with Gasteiger partial charge in [0.1, 0.15) is 6.61 Å². The van der Waals surface area contributed by atoms with Crippen molar-refractivity contribution in [2.45, 2.75) is 24.6 Å². The number of rotatable bonds is 2. The number of hydrogen-bond acceptors (Lipinski definition) is 2. The monoisotopic (exact) mass is 195 g/mol. The summed E-state index contributed by atoms with van der Waals surface area (Å²) in [5.74, 6) is 0.301. The minimum Gasteiger partial charge on any atom is -0.364 e. The molecule has 1 aliphatic heterocycles. The summed E-state index contributed by atoms with van der Waals surface area (Å²) in [5.41, 5.74) is -0.491. The maximum absolute atomic E-state index is 11.9. The predicted octanol–water partition coefficient (Wildman–Crippen LogP) is 1.32. The zero-order valence-corrected chi connectivity index (χ0v) is 7.16. The Hall–Kier alpha value is -0.290. The van der Waals surface area contributed by atoms with Gasteiger partial charge >= 0.3 is 6.18 Å². The molecule has 1 heterocycles. The van der Waals surface area contributed by atoms with Crippen LogP contribution in [-0.4, -0.2) is 31.5 Å². The summed E-state index contributed by atoms with van der Waals surface area (Å²) in [6.45, 7) is 0.275. The quantitative estimate of drug-likeness (QED) is 0.717. The Morgan fingerprint density at radius 2 is 2.23 bits per heavy atom. The van der Waals surface area contributed by atoms with Gasteiger partial charge in [0.2, 0.25) is 0 Å². The largest absolute Gasteiger partial charge is 0.411 e. The Balaban J connectivity index is 1.87. The molecule has 0 aromatic heterocycles. The van der Waals surface area contributed by atoms with E-state index in [4.69, 9.17) is 4.74 Å². The number of ether oxygens (including phenoxy) is 1. The van der Waals surface area contributed by atoms with Crippen molar-refractivity contribution < 1.29 is 17.9 Å². The molecule has 2 aliphatic rings. The van der Waals surface area contributed by atoms with Gasteiger partial charge in [-0.15, -0.1) is 0 Å². The number of fused-ring (bicyclic) bond motifs is 1. The van der Waals surface area contributed by atoms with Gasteiger partial charge in [0.15, 0.2) is 0 Å². The Bertz CT molecular complexity index is 206. The summed E-state index contributed by atoms with van der Waals surface area (Å²) in [7, 11) is 0. The summed E-state index contributed by atoms with van der Waals surface area (Å²) < 4.78 is 40.6. The number of halogens is 3. The lowest BCUT2D eigenvalue weighted by Crippen LogP contribution is -2.50. The van der Waals surface area contributed by atoms with Crippen LogP contribution in [0.5, 0.6) is 0 Å². The predicted molar refractivity (Wildman–Crippen MR) is 40.3 cm³/mol. The van der Waals surface area contributed by atoms with E-state index in [9.17, 15) is 13.2 Å². The van der Waals surface area contributed by atoms with E-state index in [1.165, 1.54) is 0 Å². The molecule has 0 aromatic rings. The summed E-state index contributed by atoms with van der Waals surface area (Å²) in [6, 6.07) is 0. The van der Waals surface area contributed by atoms with Crippen LogP contribution >= 0.6 is 0 Å². The molecular formula is C8H12F3NO. The van der Waals surface area contributed by atoms with Crippen molar-refractivity contribution >= 4 is 0 Å². The van der Waals surface area contributed by atoms with Gasteiger partial charge in [-0.2, -0.15) is 13.2 Å². The van der Waals surface area contributed by atoms with E-state index in [-0.39, 0.29) is 0 Å². The van der Waals surface area contributed by atoms with Crippen LogP contribution in [0.2, 0.25) is 0 Å². The van der Waals surface area contributed by atoms with Gasteiger partial charge in [-0.1, -0.05) is 0 Å². The molecule has 0 radical (unpaired) electrons. The topological polar surface area (TPSA) is 21.3 Å². The second kappa shape index (κ2) is 2.85. The summed E-state index contributed by atoms with van der Waals surface area (Å²) >= 11 is 0. The van der Waals surface area contributed by atoms with Crippen LogP contribution in [0.3, 0.4) is 0 Å². The van der Waals surface area contributed by atoms with E-state index in [2.05, 4.69) is 5.32 Å². The molecular weight excluding hydrogens is 183 g/mol. The SMILES string of the molecule is FC(F)(F)COC12CCC1CNC2. The zero-order valence-electron chi connectivity index (χ0n) is 7.16. The Morgan fingerprint density at radius 3 is 2.69 bits per heavy atom. The van der Waals surface area contributed by atoms with Gasteiger partial charge in [-0.05, 0) is 12.8 Å². The molecule has 1 N–H and O–H groups in total. The lowest BCUT2D eigenvalue weighted by molar-refractivity contribution is -0.225. The molecule has 2 fully saturated rings. The van der Waals surface area contributed by atoms with Gasteiger partial charge in [-0.25, -0.2) is 0 Å². The fourth-order valence-corrected chi connectivity index (χ4v) is 2.12. The average molecular weight is 195 g/mol. The molecule has 1 saturated carbocycles. The first-order valence-electron chi connectivity index (χ1n) is 4.43. The lowest BCUT2D eigenvalue weighted by atomic mass is 9.72. The third-order valence-electron chi connectivity index (χ3n) is 3.00. The van der Waals surface area contributed by atoms with E-state index < -0.39 is 18.4 Å². The lowest BCUT2D eigenvalue weighted by Gasteiger charge is -2.43. The Kier molecular flexibility index (Phi) is 2.03. The standard InChI is InChI=1S/C8H12F3NO/c9-8(10,11)5-13-7-2-1-6(7)3-12-4-7/h6,12H,1-5H2. The van der Waals surface area contributed by atoms with E-state index in [1.807, 2.05) is 0 Å². The molecule has 1 aliphatic carbocycles. The molecule has 2 rings (SSSR count). The van der Waals surface area contributed by atoms with Crippen molar-refractivity contribution in [2.24, 2.45) is 5.92 Å². The second-order valence-corrected chi connectivity index (χ2v) is 3.84. The molecule has 0 bridgehead atoms. The molecule has 5 heteroatoms. The van der Waals surface area contributed by atoms with Crippen molar-refractivity contribution in [3.05, 3.63) is 0 Å². The fourth-order valence-electron chi connectivity index (χ4n) is 2.12. The molecule has 1 saturated heterocycles. The van der Waals surface area contributed by atoms with Gasteiger partial charge in [0, 0.05) is 19.0 Å². The number of hydrogen-bond donors (Lipinski definition) is 1. The molecule has 76 valence electrons. The first-order chi connectivity index (χ1) is 6.02. The summed E-state index contributed by atoms with van der Waals surface area (Å²) in [5, 5.41) is 3.07. The first kappa shape index (κ1) is 9.27. The van der Waals surface area contributed by atoms with Gasteiger partial charge in [0.05, 0.1) is 5.60 Å². The smallest absolute Gasteiger partial charge is 0.364 e. The average Bonchev–Trinajstić information content (AvgIpc) is 2.24. The van der Waals surface area contributed by atoms with Crippen LogP contribution in [0.25, 0.3) is 0 Å². The maximum atomic E-state index is 11.9. The van der Waals surface area contributed by atoms with Crippen molar-refractivity contribution in [1.82, 2.24) is 5.32 Å². The van der Waals surface area contributed by atoms with Crippen LogP contribution < -0.4 is 5.32 Å². The molecule has 2 atom stereocenters. The summed E-state index contributed by atoms with van der Waals surface area (Å²) in [4.78, 5) is 0. The third kappa shape index (κ3) is 1.67. The Morgan fingerprint density at radius 1 is 1.46 bits per heavy atom. The minimum atomic E-state index is -4.20. The van der Waals surface area contributed by atoms with Crippen molar-refractivity contribution in [3.8, 4) is 0 Å². The Labute approximate surface area is 74.4 Å². The van der Waals surface area contributed by atoms with E-state index in [0.29, 0.717) is 12.5 Å². The van der Waals surface area contributed by atoms with Crippen molar-refractivity contribution in [2.75, 3.05) is 19.7 Å². The van der Waals surface area contributed by atoms with Gasteiger partial charge in [-0.3, -0.25) is 0 Å². The molecule has 2 nitrogen and oxygen atoms in total. The van der Waals surface area contributed by atoms with E-state index in [1.54, 1.807) is 0 Å². The molecule has 0 aromatic carbocycles. The number of alkyl halides is 3. The van der Waals surface area contributed by atoms with E-state index >= 15 is 0 Å². The van der Waals surface area contributed by atoms with Crippen LogP contribution in [-0.2, 0) is 4.74 Å². The third-order valence-corrected chi connectivity index (χ3v) is 3.00. The normalized spacial score (nSPS) is 38.5. The fraction of sp³-hybridized carbons (Fsp3) is 1.00. The van der Waals surface area contributed by atoms with E-state index in [0.717, 1.165) is 19.4 Å². The van der Waals surface area contributed by atoms with Crippen LogP contribution in [0, 0.1) is 5.92 Å². The highest BCUT2D eigenvalue weighted by Crippen LogP contribution is 2.44. The molecule has 13 heavy (non-hydrogen) atoms. The zero-order chi connectivity index (χ0) is 9.53. The van der Waals surface area contributed by atoms with Crippen LogP contribution in [0.1, 0.15) is 12.8 Å². The van der Waals surface area contributed by atoms with Crippen LogP contribution in [0.4, 0.5) is 13.2 Å². The maximum Gasteiger partial charge on any atom is 0.411 e. The molecule has 0 amide bonds. The highest BCUT2D eigenvalue weighted by Gasteiger charge is 2.52. The molecule has 2 unspecified atom stereocenters. The first-order valence-corrected chi connectivity index (χ1v) is 4.43. The van der Waals surface area contributed by atoms with Crippen molar-refractivity contribution in [3.63, 3.8) is 0 Å². The van der Waals surface area contributed by atoms with Gasteiger partial charge < -0.3 is 10.1 Å². The highest BCUT2D eigenvalue weighted by atomic mass is 19.4. The van der Waals surface area contributed by atoms with Crippen LogP contribution in [0.15, 0.2) is 0 Å². The minimum absolute atomic E-state index is 0.301. The second-order valence-electron chi connectivity index (χ2n) is 3.84. The highest BCUT2D eigenvalue weighted by molar-refractivity contribution is 5.05. The van der Waals surface area contributed by atoms with Crippen molar-refractivity contribution in [1.29, 1.82) is 0 Å². The molecule has 0 spiro atoms. The summed E-state index contributed by atoms with van der Waals surface area (Å²) in [6.07, 6.45) is -2.44. The van der Waals surface area contributed by atoms with Gasteiger partial charge in [0.25, 0.3) is 0 Å². The number of nitrogens with one attached hydrogen (secondary N) is 1.